The molecule has 0 N–H and O–H groups in total. The molecular weight excluding hydrogens is 342 g/mol. The maximum Gasteiger partial charge on any atom is 0.151 e. The number of imidazole rings is 1. The van der Waals surface area contributed by atoms with Gasteiger partial charge in [-0.05, 0) is 31.4 Å². The Morgan fingerprint density at radius 3 is 2.69 bits per heavy atom. The third-order valence-corrected chi connectivity index (χ3v) is 5.77. The van der Waals surface area contributed by atoms with E-state index >= 15 is 0 Å². The molecule has 4 nitrogen and oxygen atoms in total. The van der Waals surface area contributed by atoms with Gasteiger partial charge in [-0.1, -0.05) is 42.5 Å². The van der Waals surface area contributed by atoms with Gasteiger partial charge in [0, 0.05) is 32.3 Å². The molecule has 0 aliphatic carbocycles. The molecule has 0 saturated heterocycles. The van der Waals surface area contributed by atoms with Gasteiger partial charge in [-0.25, -0.2) is 4.98 Å². The lowest BCUT2D eigenvalue weighted by atomic mass is 9.93. The quantitative estimate of drug-likeness (QED) is 0.637. The Morgan fingerprint density at radius 2 is 2.00 bits per heavy atom. The number of rotatable bonds is 2. The summed E-state index contributed by atoms with van der Waals surface area (Å²) in [7, 11) is 6.02. The summed E-state index contributed by atoms with van der Waals surface area (Å²) in [5.74, 6) is 1.87. The van der Waals surface area contributed by atoms with Crippen LogP contribution < -0.4 is 4.74 Å². The SMILES string of the molecule is Cc1nc2c3c(c(C(=S)N(C)C)cc2n1C)CC[C@@H](c1ccccc1)O3. The zero-order chi connectivity index (χ0) is 18.4. The lowest BCUT2D eigenvalue weighted by Crippen LogP contribution is -2.24. The maximum atomic E-state index is 6.52. The standard InChI is InChI=1S/C21H23N3OS/c1-13-22-19-17(24(13)4)12-16(21(26)23(2)3)15-10-11-18(25-20(15)19)14-8-6-5-7-9-14/h5-9,12,18H,10-11H2,1-4H3/t18-/m0/s1. The number of fused-ring (bicyclic) bond motifs is 3. The first-order chi connectivity index (χ1) is 12.5. The Balaban J connectivity index is 1.90. The van der Waals surface area contributed by atoms with E-state index in [-0.39, 0.29) is 6.10 Å². The van der Waals surface area contributed by atoms with Crippen LogP contribution >= 0.6 is 12.2 Å². The number of hydrogen-bond acceptors (Lipinski definition) is 3. The highest BCUT2D eigenvalue weighted by Gasteiger charge is 2.29. The minimum atomic E-state index is 0.0531. The van der Waals surface area contributed by atoms with Gasteiger partial charge in [0.15, 0.2) is 5.75 Å². The van der Waals surface area contributed by atoms with Crippen LogP contribution in [0.5, 0.6) is 5.75 Å². The van der Waals surface area contributed by atoms with Crippen molar-refractivity contribution in [3.8, 4) is 5.75 Å². The smallest absolute Gasteiger partial charge is 0.151 e. The molecule has 0 bridgehead atoms. The molecule has 1 aliphatic heterocycles. The second-order valence-corrected chi connectivity index (χ2v) is 7.46. The summed E-state index contributed by atoms with van der Waals surface area (Å²) >= 11 is 5.71. The molecule has 4 rings (SSSR count). The molecule has 1 aliphatic rings. The lowest BCUT2D eigenvalue weighted by Gasteiger charge is -2.29. The first kappa shape index (κ1) is 17.0. The van der Waals surface area contributed by atoms with Gasteiger partial charge in [-0.3, -0.25) is 0 Å². The molecule has 0 fully saturated rings. The molecule has 1 atom stereocenters. The summed E-state index contributed by atoms with van der Waals surface area (Å²) in [4.78, 5) is 7.61. The maximum absolute atomic E-state index is 6.52. The minimum Gasteiger partial charge on any atom is -0.483 e. The predicted octanol–water partition coefficient (Wildman–Crippen LogP) is 4.19. The molecule has 0 unspecified atom stereocenters. The Bertz CT molecular complexity index is 992. The van der Waals surface area contributed by atoms with E-state index in [4.69, 9.17) is 21.9 Å². The number of benzene rings is 2. The highest BCUT2D eigenvalue weighted by molar-refractivity contribution is 7.80. The second kappa shape index (κ2) is 6.40. The van der Waals surface area contributed by atoms with Crippen LogP contribution in [0.15, 0.2) is 36.4 Å². The number of thiocarbonyl (C=S) groups is 1. The Kier molecular flexibility index (Phi) is 4.19. The summed E-state index contributed by atoms with van der Waals surface area (Å²) in [6, 6.07) is 12.6. The van der Waals surface area contributed by atoms with Crippen molar-refractivity contribution in [1.82, 2.24) is 14.5 Å². The number of hydrogen-bond donors (Lipinski definition) is 0. The van der Waals surface area contributed by atoms with E-state index in [2.05, 4.69) is 34.9 Å². The van der Waals surface area contributed by atoms with Crippen molar-refractivity contribution in [3.63, 3.8) is 0 Å². The largest absolute Gasteiger partial charge is 0.483 e. The Hall–Kier alpha value is -2.40. The molecular formula is C21H23N3OS. The fourth-order valence-electron chi connectivity index (χ4n) is 3.63. The highest BCUT2D eigenvalue weighted by atomic mass is 32.1. The van der Waals surface area contributed by atoms with Gasteiger partial charge >= 0.3 is 0 Å². The van der Waals surface area contributed by atoms with Crippen LogP contribution in [-0.4, -0.2) is 33.5 Å². The highest BCUT2D eigenvalue weighted by Crippen LogP contribution is 2.42. The average Bonchev–Trinajstić information content (AvgIpc) is 2.95. The van der Waals surface area contributed by atoms with Crippen LogP contribution in [0.1, 0.15) is 35.0 Å². The van der Waals surface area contributed by atoms with Crippen LogP contribution in [0.25, 0.3) is 11.0 Å². The lowest BCUT2D eigenvalue weighted by molar-refractivity contribution is 0.179. The average molecular weight is 366 g/mol. The molecule has 1 aromatic heterocycles. The second-order valence-electron chi connectivity index (χ2n) is 7.07. The van der Waals surface area contributed by atoms with Gasteiger partial charge < -0.3 is 14.2 Å². The zero-order valence-corrected chi connectivity index (χ0v) is 16.4. The Morgan fingerprint density at radius 1 is 1.27 bits per heavy atom. The van der Waals surface area contributed by atoms with E-state index in [1.54, 1.807) is 0 Å². The molecule has 5 heteroatoms. The molecule has 0 amide bonds. The van der Waals surface area contributed by atoms with E-state index in [0.29, 0.717) is 0 Å². The summed E-state index contributed by atoms with van der Waals surface area (Å²) < 4.78 is 8.62. The van der Waals surface area contributed by atoms with Crippen molar-refractivity contribution >= 4 is 28.2 Å². The van der Waals surface area contributed by atoms with Gasteiger partial charge in [0.05, 0.1) is 5.52 Å². The summed E-state index contributed by atoms with van der Waals surface area (Å²) in [6.45, 7) is 2.02. The van der Waals surface area contributed by atoms with Crippen LogP contribution in [0, 0.1) is 6.92 Å². The molecule has 2 aromatic carbocycles. The van der Waals surface area contributed by atoms with Crippen LogP contribution in [0.2, 0.25) is 0 Å². The van der Waals surface area contributed by atoms with E-state index < -0.39 is 0 Å². The molecule has 134 valence electrons. The van der Waals surface area contributed by atoms with Crippen molar-refractivity contribution < 1.29 is 4.74 Å². The molecule has 3 aromatic rings. The topological polar surface area (TPSA) is 30.3 Å². The summed E-state index contributed by atoms with van der Waals surface area (Å²) in [5, 5.41) is 0. The van der Waals surface area contributed by atoms with Crippen molar-refractivity contribution in [2.24, 2.45) is 7.05 Å². The molecule has 0 spiro atoms. The molecule has 2 heterocycles. The van der Waals surface area contributed by atoms with Gasteiger partial charge in [-0.15, -0.1) is 0 Å². The molecule has 26 heavy (non-hydrogen) atoms. The third-order valence-electron chi connectivity index (χ3n) is 5.18. The van der Waals surface area contributed by atoms with Gasteiger partial charge in [0.25, 0.3) is 0 Å². The molecule has 0 radical (unpaired) electrons. The minimum absolute atomic E-state index is 0.0531. The predicted molar refractivity (Wildman–Crippen MR) is 109 cm³/mol. The summed E-state index contributed by atoms with van der Waals surface area (Å²) in [6.07, 6.45) is 1.93. The first-order valence-corrected chi connectivity index (χ1v) is 9.30. The number of ether oxygens (including phenoxy) is 1. The van der Waals surface area contributed by atoms with Crippen molar-refractivity contribution in [2.45, 2.75) is 25.9 Å². The van der Waals surface area contributed by atoms with Crippen LogP contribution in [-0.2, 0) is 13.5 Å². The first-order valence-electron chi connectivity index (χ1n) is 8.89. The summed E-state index contributed by atoms with van der Waals surface area (Å²) in [5.41, 5.74) is 5.48. The molecule has 0 saturated carbocycles. The van der Waals surface area contributed by atoms with Gasteiger partial charge in [0.1, 0.15) is 22.4 Å². The van der Waals surface area contributed by atoms with Gasteiger partial charge in [-0.2, -0.15) is 0 Å². The van der Waals surface area contributed by atoms with Crippen molar-refractivity contribution in [3.05, 3.63) is 58.9 Å². The van der Waals surface area contributed by atoms with Crippen LogP contribution in [0.4, 0.5) is 0 Å². The van der Waals surface area contributed by atoms with Crippen LogP contribution in [0.3, 0.4) is 0 Å². The zero-order valence-electron chi connectivity index (χ0n) is 15.6. The fraction of sp³-hybridized carbons (Fsp3) is 0.333. The third kappa shape index (κ3) is 2.67. The number of nitrogens with zero attached hydrogens (tertiary/aromatic N) is 3. The van der Waals surface area contributed by atoms with Gasteiger partial charge in [0.2, 0.25) is 0 Å². The number of aryl methyl sites for hydroxylation is 2. The van der Waals surface area contributed by atoms with Crippen molar-refractivity contribution in [1.29, 1.82) is 0 Å². The van der Waals surface area contributed by atoms with E-state index in [9.17, 15) is 0 Å². The monoisotopic (exact) mass is 365 g/mol. The van der Waals surface area contributed by atoms with E-state index in [1.165, 1.54) is 11.1 Å². The van der Waals surface area contributed by atoms with Crippen molar-refractivity contribution in [2.75, 3.05) is 14.1 Å². The fourth-order valence-corrected chi connectivity index (χ4v) is 3.82. The van der Waals surface area contributed by atoms with E-state index in [1.807, 2.05) is 39.0 Å². The Labute approximate surface area is 159 Å². The number of aromatic nitrogens is 2. The normalized spacial score (nSPS) is 16.2. The van der Waals surface area contributed by atoms with E-state index in [0.717, 1.165) is 46.0 Å².